The van der Waals surface area contributed by atoms with Gasteiger partial charge in [0.15, 0.2) is 0 Å². The fourth-order valence-corrected chi connectivity index (χ4v) is 4.24. The molecule has 0 unspecified atom stereocenters. The third kappa shape index (κ3) is 7.23. The maximum absolute atomic E-state index is 4.28. The summed E-state index contributed by atoms with van der Waals surface area (Å²) in [5, 5.41) is 5.12. The van der Waals surface area contributed by atoms with Gasteiger partial charge in [0.05, 0.1) is 11.0 Å². The molecule has 0 aliphatic rings. The molecule has 0 fully saturated rings. The molecule has 4 aromatic carbocycles. The van der Waals surface area contributed by atoms with Crippen LogP contribution in [-0.2, 0) is 0 Å². The van der Waals surface area contributed by atoms with Crippen LogP contribution in [0.3, 0.4) is 0 Å². The number of pyridine rings is 1. The SMILES string of the molecule is C.C.Cc1ccc2cccc(C)c2c1.Cc1ccc2nccc(C)c2c1.Cc1ccc2ncnc(C)c2c1. The highest BCUT2D eigenvalue weighted by atomic mass is 14.8. The Bertz CT molecular complexity index is 1450. The molecular formula is C35H41N3. The van der Waals surface area contributed by atoms with Gasteiger partial charge in [-0.05, 0) is 93.8 Å². The first-order valence-electron chi connectivity index (χ1n) is 12.3. The monoisotopic (exact) mass is 503 g/mol. The Hall–Kier alpha value is -4.11. The summed E-state index contributed by atoms with van der Waals surface area (Å²) in [7, 11) is 0. The van der Waals surface area contributed by atoms with Crippen LogP contribution in [0.25, 0.3) is 32.6 Å². The summed E-state index contributed by atoms with van der Waals surface area (Å²) >= 11 is 0. The first-order valence-corrected chi connectivity index (χ1v) is 12.3. The van der Waals surface area contributed by atoms with Gasteiger partial charge >= 0.3 is 0 Å². The lowest BCUT2D eigenvalue weighted by molar-refractivity contribution is 1.15. The highest BCUT2D eigenvalue weighted by Gasteiger charge is 1.98. The standard InChI is InChI=1S/C12H12.C11H11N.C10H10N2.2CH4/c1-9-6-7-11-5-3-4-10(2)12(11)8-9;1-8-3-4-11-10(7-8)9(2)5-6-12-11;1-7-3-4-10-9(5-7)8(2)11-6-12-10;;/h3-8H,1-2H3;3-7H,1-2H3;3-6H,1-2H3;2*1H4. The van der Waals surface area contributed by atoms with Crippen molar-refractivity contribution < 1.29 is 0 Å². The van der Waals surface area contributed by atoms with Crippen molar-refractivity contribution >= 4 is 32.6 Å². The van der Waals surface area contributed by atoms with Gasteiger partial charge in [-0.1, -0.05) is 80.1 Å². The molecule has 0 aliphatic carbocycles. The number of aromatic nitrogens is 3. The molecule has 196 valence electrons. The Kier molecular flexibility index (Phi) is 10.7. The van der Waals surface area contributed by atoms with Gasteiger partial charge in [0.25, 0.3) is 0 Å². The molecule has 0 radical (unpaired) electrons. The summed E-state index contributed by atoms with van der Waals surface area (Å²) in [5.41, 5.74) is 9.67. The third-order valence-electron chi connectivity index (χ3n) is 6.36. The quantitative estimate of drug-likeness (QED) is 0.207. The van der Waals surface area contributed by atoms with Crippen LogP contribution in [0.15, 0.2) is 91.4 Å². The minimum atomic E-state index is 0. The van der Waals surface area contributed by atoms with E-state index in [2.05, 4.69) is 116 Å². The number of rotatable bonds is 0. The predicted molar refractivity (Wildman–Crippen MR) is 167 cm³/mol. The zero-order chi connectivity index (χ0) is 25.7. The number of hydrogen-bond acceptors (Lipinski definition) is 3. The zero-order valence-electron chi connectivity index (χ0n) is 22.0. The van der Waals surface area contributed by atoms with E-state index in [9.17, 15) is 0 Å². The molecule has 3 heteroatoms. The van der Waals surface area contributed by atoms with Crippen LogP contribution in [0.2, 0.25) is 0 Å². The summed E-state index contributed by atoms with van der Waals surface area (Å²) in [6.07, 6.45) is 3.46. The fraction of sp³-hybridized carbons (Fsp3) is 0.229. The Morgan fingerprint density at radius 1 is 0.474 bits per heavy atom. The minimum Gasteiger partial charge on any atom is -0.256 e. The summed E-state index contributed by atoms with van der Waals surface area (Å²) in [4.78, 5) is 12.6. The molecule has 0 aliphatic heterocycles. The Morgan fingerprint density at radius 3 is 1.71 bits per heavy atom. The van der Waals surface area contributed by atoms with Crippen molar-refractivity contribution in [3.63, 3.8) is 0 Å². The topological polar surface area (TPSA) is 38.7 Å². The molecule has 2 heterocycles. The molecule has 0 amide bonds. The van der Waals surface area contributed by atoms with Crippen LogP contribution >= 0.6 is 0 Å². The average Bonchev–Trinajstić information content (AvgIpc) is 2.87. The van der Waals surface area contributed by atoms with Crippen molar-refractivity contribution in [2.45, 2.75) is 56.4 Å². The molecule has 6 rings (SSSR count). The summed E-state index contributed by atoms with van der Waals surface area (Å²) < 4.78 is 0. The van der Waals surface area contributed by atoms with Crippen molar-refractivity contribution in [3.8, 4) is 0 Å². The van der Waals surface area contributed by atoms with Gasteiger partial charge in [-0.25, -0.2) is 9.97 Å². The van der Waals surface area contributed by atoms with Crippen molar-refractivity contribution in [3.05, 3.63) is 125 Å². The van der Waals surface area contributed by atoms with Crippen LogP contribution in [0, 0.1) is 41.5 Å². The lowest BCUT2D eigenvalue weighted by Crippen LogP contribution is -1.87. The van der Waals surface area contributed by atoms with Crippen LogP contribution in [-0.4, -0.2) is 15.0 Å². The van der Waals surface area contributed by atoms with Gasteiger partial charge in [0, 0.05) is 22.7 Å². The maximum atomic E-state index is 4.28. The molecule has 0 saturated heterocycles. The molecule has 0 bridgehead atoms. The number of aryl methyl sites for hydroxylation is 6. The molecule has 0 N–H and O–H groups in total. The molecular weight excluding hydrogens is 462 g/mol. The summed E-state index contributed by atoms with van der Waals surface area (Å²) in [5.74, 6) is 0. The van der Waals surface area contributed by atoms with E-state index >= 15 is 0 Å². The fourth-order valence-electron chi connectivity index (χ4n) is 4.24. The van der Waals surface area contributed by atoms with E-state index < -0.39 is 0 Å². The van der Waals surface area contributed by atoms with E-state index in [1.807, 2.05) is 25.3 Å². The third-order valence-corrected chi connectivity index (χ3v) is 6.36. The lowest BCUT2D eigenvalue weighted by Gasteiger charge is -2.01. The van der Waals surface area contributed by atoms with E-state index in [0.29, 0.717) is 0 Å². The Balaban J connectivity index is 0.000000195. The first kappa shape index (κ1) is 30.1. The van der Waals surface area contributed by atoms with Gasteiger partial charge in [-0.2, -0.15) is 0 Å². The van der Waals surface area contributed by atoms with E-state index in [-0.39, 0.29) is 14.9 Å². The highest BCUT2D eigenvalue weighted by molar-refractivity contribution is 5.86. The van der Waals surface area contributed by atoms with Gasteiger partial charge in [-0.3, -0.25) is 4.98 Å². The predicted octanol–water partition coefficient (Wildman–Crippen LogP) is 9.83. The summed E-state index contributed by atoms with van der Waals surface area (Å²) in [6.45, 7) is 12.6. The number of hydrogen-bond donors (Lipinski definition) is 0. The van der Waals surface area contributed by atoms with E-state index in [1.165, 1.54) is 44.0 Å². The molecule has 0 atom stereocenters. The molecule has 0 saturated carbocycles. The maximum Gasteiger partial charge on any atom is 0.116 e. The van der Waals surface area contributed by atoms with E-state index in [4.69, 9.17) is 0 Å². The second-order valence-electron chi connectivity index (χ2n) is 9.43. The molecule has 6 aromatic rings. The average molecular weight is 504 g/mol. The molecule has 0 spiro atoms. The molecule has 3 nitrogen and oxygen atoms in total. The van der Waals surface area contributed by atoms with Crippen LogP contribution < -0.4 is 0 Å². The Labute approximate surface area is 228 Å². The highest BCUT2D eigenvalue weighted by Crippen LogP contribution is 2.19. The Morgan fingerprint density at radius 2 is 1.03 bits per heavy atom. The van der Waals surface area contributed by atoms with Crippen molar-refractivity contribution in [2.75, 3.05) is 0 Å². The second-order valence-corrected chi connectivity index (χ2v) is 9.43. The van der Waals surface area contributed by atoms with Gasteiger partial charge in [-0.15, -0.1) is 0 Å². The zero-order valence-corrected chi connectivity index (χ0v) is 22.0. The largest absolute Gasteiger partial charge is 0.256 e. The van der Waals surface area contributed by atoms with Crippen LogP contribution in [0.4, 0.5) is 0 Å². The van der Waals surface area contributed by atoms with Gasteiger partial charge < -0.3 is 0 Å². The molecule has 2 aromatic heterocycles. The normalized spacial score (nSPS) is 9.95. The van der Waals surface area contributed by atoms with Crippen molar-refractivity contribution in [2.24, 2.45) is 0 Å². The number of fused-ring (bicyclic) bond motifs is 3. The van der Waals surface area contributed by atoms with Gasteiger partial charge in [0.2, 0.25) is 0 Å². The summed E-state index contributed by atoms with van der Waals surface area (Å²) in [6, 6.07) is 27.6. The second kappa shape index (κ2) is 13.4. The van der Waals surface area contributed by atoms with Crippen molar-refractivity contribution in [1.29, 1.82) is 0 Å². The number of nitrogens with zero attached hydrogens (tertiary/aromatic N) is 3. The van der Waals surface area contributed by atoms with Gasteiger partial charge in [0.1, 0.15) is 6.33 Å². The first-order chi connectivity index (χ1) is 17.3. The van der Waals surface area contributed by atoms with E-state index in [0.717, 1.165) is 22.1 Å². The minimum absolute atomic E-state index is 0. The van der Waals surface area contributed by atoms with Crippen LogP contribution in [0.5, 0.6) is 0 Å². The smallest absolute Gasteiger partial charge is 0.116 e. The number of benzene rings is 4. The van der Waals surface area contributed by atoms with E-state index in [1.54, 1.807) is 6.33 Å². The lowest BCUT2D eigenvalue weighted by atomic mass is 10.0. The van der Waals surface area contributed by atoms with Crippen molar-refractivity contribution in [1.82, 2.24) is 15.0 Å². The van der Waals surface area contributed by atoms with Crippen LogP contribution in [0.1, 0.15) is 48.4 Å². The molecule has 38 heavy (non-hydrogen) atoms.